The largest absolute Gasteiger partial charge is 0.497 e. The molecule has 3 atom stereocenters. The smallest absolute Gasteiger partial charge is 0.261 e. The Morgan fingerprint density at radius 1 is 0.846 bits per heavy atom. The molecule has 0 radical (unpaired) electrons. The Labute approximate surface area is 228 Å². The third kappa shape index (κ3) is 4.03. The van der Waals surface area contributed by atoms with Crippen LogP contribution in [0, 0.1) is 5.92 Å². The van der Waals surface area contributed by atoms with Crippen molar-refractivity contribution in [2.24, 2.45) is 5.92 Å². The molecule has 5 aromatic rings. The lowest BCUT2D eigenvalue weighted by molar-refractivity contribution is 0.415. The summed E-state index contributed by atoms with van der Waals surface area (Å²) in [6, 6.07) is 31.8. The van der Waals surface area contributed by atoms with E-state index in [1.165, 1.54) is 27.1 Å². The van der Waals surface area contributed by atoms with Crippen LogP contribution >= 0.6 is 0 Å². The summed E-state index contributed by atoms with van der Waals surface area (Å²) in [5, 5.41) is 8.81. The maximum Gasteiger partial charge on any atom is 0.261 e. The van der Waals surface area contributed by atoms with E-state index in [4.69, 9.17) is 4.74 Å². The fourth-order valence-corrected chi connectivity index (χ4v) is 7.38. The molecule has 6 heteroatoms. The van der Waals surface area contributed by atoms with Crippen LogP contribution in [0.4, 0.5) is 11.4 Å². The van der Waals surface area contributed by atoms with Gasteiger partial charge in [-0.15, -0.1) is 0 Å². The third-order valence-electron chi connectivity index (χ3n) is 8.11. The summed E-state index contributed by atoms with van der Waals surface area (Å²) in [6.07, 6.45) is 5.42. The number of hydrogen-bond acceptors (Lipinski definition) is 4. The summed E-state index contributed by atoms with van der Waals surface area (Å²) in [7, 11) is -2.18. The fraction of sp³-hybridized carbons (Fsp3) is 0.152. The average molecular weight is 533 g/mol. The number of benzene rings is 5. The van der Waals surface area contributed by atoms with Crippen LogP contribution in [0.25, 0.3) is 21.5 Å². The highest BCUT2D eigenvalue weighted by Crippen LogP contribution is 2.52. The molecule has 0 amide bonds. The first-order chi connectivity index (χ1) is 19.0. The van der Waals surface area contributed by atoms with Crippen LogP contribution in [-0.4, -0.2) is 15.5 Å². The van der Waals surface area contributed by atoms with Crippen molar-refractivity contribution in [3.05, 3.63) is 120 Å². The number of nitrogens with one attached hydrogen (secondary N) is 2. The van der Waals surface area contributed by atoms with E-state index in [-0.39, 0.29) is 22.8 Å². The van der Waals surface area contributed by atoms with Gasteiger partial charge in [0, 0.05) is 17.3 Å². The van der Waals surface area contributed by atoms with Crippen molar-refractivity contribution < 1.29 is 13.2 Å². The van der Waals surface area contributed by atoms with Gasteiger partial charge in [-0.05, 0) is 93.5 Å². The van der Waals surface area contributed by atoms with E-state index >= 15 is 0 Å². The zero-order valence-electron chi connectivity index (χ0n) is 21.5. The minimum Gasteiger partial charge on any atom is -0.497 e. The molecular formula is C33H28N2O3S. The summed E-state index contributed by atoms with van der Waals surface area (Å²) in [4.78, 5) is 0.256. The highest BCUT2D eigenvalue weighted by molar-refractivity contribution is 7.92. The van der Waals surface area contributed by atoms with Crippen LogP contribution in [-0.2, 0) is 10.0 Å². The normalized spacial score (nSPS) is 19.9. The third-order valence-corrected chi connectivity index (χ3v) is 9.49. The van der Waals surface area contributed by atoms with Gasteiger partial charge in [-0.1, -0.05) is 60.7 Å². The van der Waals surface area contributed by atoms with E-state index in [0.717, 1.165) is 17.7 Å². The van der Waals surface area contributed by atoms with Crippen molar-refractivity contribution >= 4 is 42.9 Å². The van der Waals surface area contributed by atoms with Gasteiger partial charge in [-0.25, -0.2) is 8.42 Å². The maximum absolute atomic E-state index is 13.3. The lowest BCUT2D eigenvalue weighted by Crippen LogP contribution is -2.29. The second-order valence-corrected chi connectivity index (χ2v) is 12.0. The minimum atomic E-state index is -3.76. The van der Waals surface area contributed by atoms with E-state index in [9.17, 15) is 8.42 Å². The molecule has 5 aromatic carbocycles. The van der Waals surface area contributed by atoms with E-state index in [0.29, 0.717) is 11.4 Å². The van der Waals surface area contributed by atoms with E-state index in [2.05, 4.69) is 76.8 Å². The average Bonchev–Trinajstić information content (AvgIpc) is 3.46. The molecule has 0 spiro atoms. The monoisotopic (exact) mass is 532 g/mol. The predicted octanol–water partition coefficient (Wildman–Crippen LogP) is 7.63. The van der Waals surface area contributed by atoms with Gasteiger partial charge >= 0.3 is 0 Å². The lowest BCUT2D eigenvalue weighted by atomic mass is 9.75. The number of rotatable bonds is 5. The molecule has 0 fully saturated rings. The number of hydrogen-bond donors (Lipinski definition) is 2. The molecule has 2 N–H and O–H groups in total. The molecule has 0 aromatic heterocycles. The van der Waals surface area contributed by atoms with Crippen molar-refractivity contribution in [1.82, 2.24) is 0 Å². The molecule has 2 aliphatic rings. The second kappa shape index (κ2) is 9.17. The standard InChI is InChI=1S/C33H28N2O3S/c1-38-24-15-13-23(14-16-24)35-39(36,37)25-17-18-31-30(20-25)28-11-6-12-29(28)33(34-31)32-26-9-4-2-7-21(26)19-22-8-3-5-10-27(22)32/h2-11,13-20,28-29,33-35H,12H2,1H3. The zero-order chi connectivity index (χ0) is 26.6. The van der Waals surface area contributed by atoms with E-state index < -0.39 is 10.0 Å². The first-order valence-corrected chi connectivity index (χ1v) is 14.6. The van der Waals surface area contributed by atoms with Crippen molar-refractivity contribution in [2.45, 2.75) is 23.3 Å². The first-order valence-electron chi connectivity index (χ1n) is 13.2. The Morgan fingerprint density at radius 3 is 2.23 bits per heavy atom. The lowest BCUT2D eigenvalue weighted by Gasteiger charge is -2.38. The molecule has 1 aliphatic carbocycles. The number of anilines is 2. The molecule has 1 aliphatic heterocycles. The van der Waals surface area contributed by atoms with Gasteiger partial charge in [0.25, 0.3) is 10.0 Å². The van der Waals surface area contributed by atoms with Gasteiger partial charge < -0.3 is 10.1 Å². The van der Waals surface area contributed by atoms with Gasteiger partial charge in [0.15, 0.2) is 0 Å². The molecular weight excluding hydrogens is 504 g/mol. The van der Waals surface area contributed by atoms with Gasteiger partial charge in [-0.2, -0.15) is 0 Å². The van der Waals surface area contributed by atoms with Crippen LogP contribution in [0.2, 0.25) is 0 Å². The summed E-state index contributed by atoms with van der Waals surface area (Å²) in [6.45, 7) is 0. The Morgan fingerprint density at radius 2 is 1.54 bits per heavy atom. The van der Waals surface area contributed by atoms with Gasteiger partial charge in [-0.3, -0.25) is 4.72 Å². The molecule has 7 rings (SSSR count). The topological polar surface area (TPSA) is 67.4 Å². The summed E-state index contributed by atoms with van der Waals surface area (Å²) < 4.78 is 34.6. The number of fused-ring (bicyclic) bond motifs is 5. The Bertz CT molecular complexity index is 1810. The highest BCUT2D eigenvalue weighted by Gasteiger charge is 2.39. The van der Waals surface area contributed by atoms with Crippen LogP contribution in [0.1, 0.15) is 29.5 Å². The number of sulfonamides is 1. The van der Waals surface area contributed by atoms with E-state index in [1.807, 2.05) is 12.1 Å². The van der Waals surface area contributed by atoms with Crippen LogP contribution in [0.5, 0.6) is 5.75 Å². The number of ether oxygens (including phenoxy) is 1. The molecule has 1 heterocycles. The molecule has 0 bridgehead atoms. The first kappa shape index (κ1) is 23.8. The molecule has 39 heavy (non-hydrogen) atoms. The summed E-state index contributed by atoms with van der Waals surface area (Å²) in [5.41, 5.74) is 3.81. The van der Waals surface area contributed by atoms with Gasteiger partial charge in [0.2, 0.25) is 0 Å². The van der Waals surface area contributed by atoms with Gasteiger partial charge in [0.05, 0.1) is 18.0 Å². The van der Waals surface area contributed by atoms with Crippen LogP contribution in [0.15, 0.2) is 114 Å². The van der Waals surface area contributed by atoms with Crippen LogP contribution in [0.3, 0.4) is 0 Å². The predicted molar refractivity (Wildman–Crippen MR) is 158 cm³/mol. The Kier molecular flexibility index (Phi) is 5.60. The van der Waals surface area contributed by atoms with Crippen molar-refractivity contribution in [3.8, 4) is 5.75 Å². The van der Waals surface area contributed by atoms with Crippen molar-refractivity contribution in [2.75, 3.05) is 17.1 Å². The molecule has 0 saturated carbocycles. The molecule has 5 nitrogen and oxygen atoms in total. The van der Waals surface area contributed by atoms with Crippen LogP contribution < -0.4 is 14.8 Å². The van der Waals surface area contributed by atoms with E-state index in [1.54, 1.807) is 37.4 Å². The minimum absolute atomic E-state index is 0.0911. The van der Waals surface area contributed by atoms with Gasteiger partial charge in [0.1, 0.15) is 5.75 Å². The zero-order valence-corrected chi connectivity index (χ0v) is 22.3. The number of methoxy groups -OCH3 is 1. The SMILES string of the molecule is COc1ccc(NS(=O)(=O)c2ccc3c(c2)C2C=CCC2C(c2c4ccccc4cc4ccccc24)N3)cc1. The molecule has 194 valence electrons. The maximum atomic E-state index is 13.3. The summed E-state index contributed by atoms with van der Waals surface area (Å²) >= 11 is 0. The van der Waals surface area contributed by atoms with Crippen molar-refractivity contribution in [1.29, 1.82) is 0 Å². The highest BCUT2D eigenvalue weighted by atomic mass is 32.2. The molecule has 0 saturated heterocycles. The number of allylic oxidation sites excluding steroid dienone is 2. The Balaban J connectivity index is 1.30. The molecule has 3 unspecified atom stereocenters. The fourth-order valence-electron chi connectivity index (χ4n) is 6.28. The Hall–Kier alpha value is -4.29. The quantitative estimate of drug-likeness (QED) is 0.180. The second-order valence-electron chi connectivity index (χ2n) is 10.3. The summed E-state index contributed by atoms with van der Waals surface area (Å²) in [5.74, 6) is 1.07. The van der Waals surface area contributed by atoms with Crippen molar-refractivity contribution in [3.63, 3.8) is 0 Å².